The summed E-state index contributed by atoms with van der Waals surface area (Å²) in [7, 11) is 3.48. The summed E-state index contributed by atoms with van der Waals surface area (Å²) in [5, 5.41) is 5.80. The van der Waals surface area contributed by atoms with Gasteiger partial charge in [0.05, 0.1) is 6.04 Å². The summed E-state index contributed by atoms with van der Waals surface area (Å²) in [4.78, 5) is 11.9. The summed E-state index contributed by atoms with van der Waals surface area (Å²) in [5.41, 5.74) is 2.13. The van der Waals surface area contributed by atoms with Gasteiger partial charge in [-0.15, -0.1) is 0 Å². The van der Waals surface area contributed by atoms with Gasteiger partial charge in [0, 0.05) is 12.5 Å². The molecule has 0 fully saturated rings. The Morgan fingerprint density at radius 2 is 1.94 bits per heavy atom. The fourth-order valence-electron chi connectivity index (χ4n) is 2.18. The van der Waals surface area contributed by atoms with Crippen LogP contribution in [0.15, 0.2) is 24.3 Å². The van der Waals surface area contributed by atoms with E-state index in [0.717, 1.165) is 0 Å². The van der Waals surface area contributed by atoms with Crippen LogP contribution in [-0.2, 0) is 10.2 Å². The Morgan fingerprint density at radius 1 is 1.29 bits per heavy atom. The Morgan fingerprint density at radius 3 is 2.41 bits per heavy atom. The molecule has 0 heterocycles. The fourth-order valence-corrected chi connectivity index (χ4v) is 2.18. The highest BCUT2D eigenvalue weighted by molar-refractivity contribution is 5.83. The van der Waals surface area contributed by atoms with Crippen LogP contribution in [0.5, 0.6) is 0 Å². The van der Waals surface area contributed by atoms with E-state index in [1.54, 1.807) is 7.05 Å². The third-order valence-corrected chi connectivity index (χ3v) is 3.28. The number of hydrogen-bond acceptors (Lipinski definition) is 2. The summed E-state index contributed by atoms with van der Waals surface area (Å²) >= 11 is 0. The van der Waals surface area contributed by atoms with E-state index in [0.29, 0.717) is 0 Å². The molecule has 1 atom stereocenters. The van der Waals surface area contributed by atoms with E-state index in [1.807, 2.05) is 13.1 Å². The predicted molar refractivity (Wildman–Crippen MR) is 71.1 cm³/mol. The first-order valence-electron chi connectivity index (χ1n) is 5.89. The highest BCUT2D eigenvalue weighted by Gasteiger charge is 2.34. The molecule has 2 N–H and O–H groups in total. The molecule has 0 bridgehead atoms. The van der Waals surface area contributed by atoms with Gasteiger partial charge in [-0.25, -0.2) is 0 Å². The second-order valence-electron chi connectivity index (χ2n) is 4.93. The average molecular weight is 234 g/mol. The second kappa shape index (κ2) is 5.32. The van der Waals surface area contributed by atoms with Gasteiger partial charge in [-0.05, 0) is 19.5 Å². The van der Waals surface area contributed by atoms with Gasteiger partial charge < -0.3 is 10.6 Å². The van der Waals surface area contributed by atoms with Crippen molar-refractivity contribution in [3.63, 3.8) is 0 Å². The number of hydrogen-bond donors (Lipinski definition) is 2. The Labute approximate surface area is 104 Å². The number of nitrogens with one attached hydrogen (secondary N) is 2. The molecule has 1 aromatic rings. The molecule has 17 heavy (non-hydrogen) atoms. The molecule has 0 aliphatic carbocycles. The summed E-state index contributed by atoms with van der Waals surface area (Å²) in [6.07, 6.45) is 0. The van der Waals surface area contributed by atoms with Gasteiger partial charge in [0.2, 0.25) is 5.91 Å². The van der Waals surface area contributed by atoms with Crippen molar-refractivity contribution in [3.8, 4) is 0 Å². The van der Waals surface area contributed by atoms with Gasteiger partial charge in [-0.3, -0.25) is 4.79 Å². The van der Waals surface area contributed by atoms with Crippen LogP contribution in [0.4, 0.5) is 0 Å². The number of amides is 1. The van der Waals surface area contributed by atoms with Gasteiger partial charge in [0.25, 0.3) is 0 Å². The standard InChI is InChI=1S/C14H22N2O/c1-10-7-6-8-11(9-10)14(2,3)12(15-4)13(17)16-5/h6-9,12,15H,1-5H3,(H,16,17). The van der Waals surface area contributed by atoms with Crippen LogP contribution in [0.2, 0.25) is 0 Å². The topological polar surface area (TPSA) is 41.1 Å². The van der Waals surface area contributed by atoms with Crippen LogP contribution >= 0.6 is 0 Å². The van der Waals surface area contributed by atoms with Crippen LogP contribution < -0.4 is 10.6 Å². The molecule has 0 aliphatic rings. The lowest BCUT2D eigenvalue weighted by Crippen LogP contribution is -2.52. The van der Waals surface area contributed by atoms with Crippen molar-refractivity contribution in [1.29, 1.82) is 0 Å². The summed E-state index contributed by atoms with van der Waals surface area (Å²) in [6.45, 7) is 6.23. The Balaban J connectivity index is 3.11. The summed E-state index contributed by atoms with van der Waals surface area (Å²) in [6, 6.07) is 8.05. The average Bonchev–Trinajstić information content (AvgIpc) is 2.29. The zero-order valence-corrected chi connectivity index (χ0v) is 11.3. The Kier molecular flexibility index (Phi) is 4.29. The van der Waals surface area contributed by atoms with E-state index in [-0.39, 0.29) is 17.4 Å². The maximum Gasteiger partial charge on any atom is 0.237 e. The molecule has 1 amide bonds. The molecule has 0 aromatic heterocycles. The minimum absolute atomic E-state index is 0.0130. The van der Waals surface area contributed by atoms with Crippen molar-refractivity contribution < 1.29 is 4.79 Å². The molecule has 0 radical (unpaired) electrons. The van der Waals surface area contributed by atoms with Crippen LogP contribution in [0, 0.1) is 6.92 Å². The largest absolute Gasteiger partial charge is 0.358 e. The zero-order valence-electron chi connectivity index (χ0n) is 11.3. The van der Waals surface area contributed by atoms with Gasteiger partial charge in [0.1, 0.15) is 0 Å². The monoisotopic (exact) mass is 234 g/mol. The highest BCUT2D eigenvalue weighted by atomic mass is 16.2. The van der Waals surface area contributed by atoms with Crippen molar-refractivity contribution in [1.82, 2.24) is 10.6 Å². The molecule has 94 valence electrons. The van der Waals surface area contributed by atoms with Gasteiger partial charge in [-0.2, -0.15) is 0 Å². The third kappa shape index (κ3) is 2.86. The smallest absolute Gasteiger partial charge is 0.237 e. The van der Waals surface area contributed by atoms with Gasteiger partial charge in [-0.1, -0.05) is 43.7 Å². The van der Waals surface area contributed by atoms with Gasteiger partial charge >= 0.3 is 0 Å². The first-order chi connectivity index (χ1) is 7.93. The van der Waals surface area contributed by atoms with Crippen LogP contribution in [-0.4, -0.2) is 26.0 Å². The molecule has 1 aromatic carbocycles. The molecular weight excluding hydrogens is 212 g/mol. The van der Waals surface area contributed by atoms with Crippen molar-refractivity contribution in [3.05, 3.63) is 35.4 Å². The number of benzene rings is 1. The van der Waals surface area contributed by atoms with Crippen LogP contribution in [0.1, 0.15) is 25.0 Å². The Bertz CT molecular complexity index is 399. The van der Waals surface area contributed by atoms with E-state index < -0.39 is 0 Å². The number of aryl methyl sites for hydroxylation is 1. The molecule has 1 unspecified atom stereocenters. The van der Waals surface area contributed by atoms with Crippen molar-refractivity contribution >= 4 is 5.91 Å². The maximum absolute atomic E-state index is 11.9. The minimum Gasteiger partial charge on any atom is -0.358 e. The molecule has 0 spiro atoms. The molecular formula is C14H22N2O. The van der Waals surface area contributed by atoms with E-state index in [1.165, 1.54) is 11.1 Å². The van der Waals surface area contributed by atoms with Crippen LogP contribution in [0.25, 0.3) is 0 Å². The molecule has 3 nitrogen and oxygen atoms in total. The first-order valence-corrected chi connectivity index (χ1v) is 5.89. The highest BCUT2D eigenvalue weighted by Crippen LogP contribution is 2.27. The molecule has 0 saturated carbocycles. The minimum atomic E-state index is -0.249. The number of rotatable bonds is 4. The maximum atomic E-state index is 11.9. The Hall–Kier alpha value is -1.35. The van der Waals surface area contributed by atoms with Crippen molar-refractivity contribution in [2.24, 2.45) is 0 Å². The van der Waals surface area contributed by atoms with Crippen LogP contribution in [0.3, 0.4) is 0 Å². The number of carbonyl (C=O) groups is 1. The fraction of sp³-hybridized carbons (Fsp3) is 0.500. The quantitative estimate of drug-likeness (QED) is 0.831. The second-order valence-corrected chi connectivity index (χ2v) is 4.93. The lowest BCUT2D eigenvalue weighted by atomic mass is 9.77. The number of carbonyl (C=O) groups excluding carboxylic acids is 1. The van der Waals surface area contributed by atoms with Crippen molar-refractivity contribution in [2.75, 3.05) is 14.1 Å². The third-order valence-electron chi connectivity index (χ3n) is 3.28. The van der Waals surface area contributed by atoms with E-state index >= 15 is 0 Å². The lowest BCUT2D eigenvalue weighted by Gasteiger charge is -2.33. The van der Waals surface area contributed by atoms with E-state index in [2.05, 4.69) is 49.6 Å². The SMILES string of the molecule is CNC(=O)C(NC)C(C)(C)c1cccc(C)c1. The normalized spacial score (nSPS) is 13.2. The first kappa shape index (κ1) is 13.7. The van der Waals surface area contributed by atoms with E-state index in [4.69, 9.17) is 0 Å². The predicted octanol–water partition coefficient (Wildman–Crippen LogP) is 1.61. The van der Waals surface area contributed by atoms with Gasteiger partial charge in [0.15, 0.2) is 0 Å². The number of likely N-dealkylation sites (N-methyl/N-ethyl adjacent to an activating group) is 2. The molecule has 0 aliphatic heterocycles. The van der Waals surface area contributed by atoms with Crippen molar-refractivity contribution in [2.45, 2.75) is 32.2 Å². The summed E-state index contributed by atoms with van der Waals surface area (Å²) in [5.74, 6) is 0.0130. The molecule has 1 rings (SSSR count). The lowest BCUT2D eigenvalue weighted by molar-refractivity contribution is -0.124. The molecule has 3 heteroatoms. The van der Waals surface area contributed by atoms with E-state index in [9.17, 15) is 4.79 Å². The molecule has 0 saturated heterocycles. The zero-order chi connectivity index (χ0) is 13.1. The summed E-state index contributed by atoms with van der Waals surface area (Å²) < 4.78 is 0.